The number of ether oxygens (including phenoxy) is 1. The fourth-order valence-electron chi connectivity index (χ4n) is 3.97. The molecule has 1 aromatic carbocycles. The lowest BCUT2D eigenvalue weighted by Gasteiger charge is -2.16. The molecule has 1 amide bonds. The van der Waals surface area contributed by atoms with Crippen LogP contribution in [0.15, 0.2) is 29.2 Å². The second-order valence-corrected chi connectivity index (χ2v) is 10.5. The van der Waals surface area contributed by atoms with E-state index >= 15 is 0 Å². The number of carbonyl (C=O) groups is 1. The Morgan fingerprint density at radius 3 is 2.66 bits per heavy atom. The summed E-state index contributed by atoms with van der Waals surface area (Å²) in [6, 6.07) is 7.00. The van der Waals surface area contributed by atoms with Gasteiger partial charge in [0.25, 0.3) is 0 Å². The third-order valence-electron chi connectivity index (χ3n) is 5.75. The average Bonchev–Trinajstić information content (AvgIpc) is 3.30. The second-order valence-electron chi connectivity index (χ2n) is 8.49. The molecule has 2 fully saturated rings. The van der Waals surface area contributed by atoms with Crippen molar-refractivity contribution in [1.29, 1.82) is 0 Å². The third-order valence-corrected chi connectivity index (χ3v) is 6.88. The number of aromatic amines is 1. The molecule has 1 atom stereocenters. The highest BCUT2D eigenvalue weighted by Crippen LogP contribution is 2.36. The van der Waals surface area contributed by atoms with E-state index in [9.17, 15) is 13.2 Å². The first-order valence-corrected chi connectivity index (χ1v) is 12.6. The number of carbonyl (C=O) groups excluding carboxylic acids is 1. The van der Waals surface area contributed by atoms with Gasteiger partial charge < -0.3 is 20.4 Å². The van der Waals surface area contributed by atoms with Crippen molar-refractivity contribution in [2.45, 2.75) is 43.6 Å². The minimum atomic E-state index is -3.52. The van der Waals surface area contributed by atoms with Crippen LogP contribution in [0.2, 0.25) is 0 Å². The number of anilines is 3. The van der Waals surface area contributed by atoms with Crippen LogP contribution in [0.5, 0.6) is 0 Å². The Kier molecular flexibility index (Phi) is 5.13. The molecule has 0 radical (unpaired) electrons. The maximum atomic E-state index is 12.6. The number of hydrogen-bond acceptors (Lipinski definition) is 7. The summed E-state index contributed by atoms with van der Waals surface area (Å²) < 4.78 is 30.9. The Morgan fingerprint density at radius 2 is 1.97 bits per heavy atom. The third kappa shape index (κ3) is 4.20. The fourth-order valence-corrected chi connectivity index (χ4v) is 4.84. The number of aryl methyl sites for hydroxylation is 1. The molecule has 9 nitrogen and oxygen atoms in total. The molecule has 3 heterocycles. The van der Waals surface area contributed by atoms with Gasteiger partial charge in [0, 0.05) is 24.8 Å². The molecule has 168 valence electrons. The lowest BCUT2D eigenvalue weighted by molar-refractivity contribution is -0.117. The predicted molar refractivity (Wildman–Crippen MR) is 121 cm³/mol. The number of pyridine rings is 1. The molecule has 32 heavy (non-hydrogen) atoms. The van der Waals surface area contributed by atoms with Crippen LogP contribution in [0.25, 0.3) is 11.2 Å². The lowest BCUT2D eigenvalue weighted by atomic mass is 10.1. The number of rotatable bonds is 6. The molecule has 5 rings (SSSR count). The molecule has 0 spiro atoms. The van der Waals surface area contributed by atoms with Crippen LogP contribution in [-0.4, -0.2) is 42.1 Å². The predicted octanol–water partition coefficient (Wildman–Crippen LogP) is 3.61. The smallest absolute Gasteiger partial charge is 0.228 e. The summed E-state index contributed by atoms with van der Waals surface area (Å²) in [5.41, 5.74) is 2.91. The van der Waals surface area contributed by atoms with Gasteiger partial charge in [-0.1, -0.05) is 6.07 Å². The minimum Gasteiger partial charge on any atom is -0.374 e. The molecule has 0 unspecified atom stereocenters. The second kappa shape index (κ2) is 7.86. The zero-order valence-corrected chi connectivity index (χ0v) is 18.8. The van der Waals surface area contributed by atoms with E-state index in [-0.39, 0.29) is 22.8 Å². The normalized spacial score (nSPS) is 18.8. The number of amides is 1. The van der Waals surface area contributed by atoms with Crippen LogP contribution >= 0.6 is 0 Å². The number of sulfone groups is 1. The van der Waals surface area contributed by atoms with E-state index in [0.29, 0.717) is 40.8 Å². The molecule has 3 aromatic rings. The Balaban J connectivity index is 1.54. The summed E-state index contributed by atoms with van der Waals surface area (Å²) in [5, 5.41) is 6.07. The van der Waals surface area contributed by atoms with Gasteiger partial charge in [-0.25, -0.2) is 18.4 Å². The molecule has 2 aromatic heterocycles. The highest BCUT2D eigenvalue weighted by Gasteiger charge is 2.30. The SMILES string of the molecule is Cc1nc2c(Nc3ccc([C@@H]4CCCO4)cc3S(C)(=O)=O)cc(NC(=O)C3CC3)nc2[nH]1. The highest BCUT2D eigenvalue weighted by molar-refractivity contribution is 7.90. The summed E-state index contributed by atoms with van der Waals surface area (Å²) >= 11 is 0. The minimum absolute atomic E-state index is 0.0367. The summed E-state index contributed by atoms with van der Waals surface area (Å²) in [7, 11) is -3.52. The van der Waals surface area contributed by atoms with Gasteiger partial charge >= 0.3 is 0 Å². The van der Waals surface area contributed by atoms with E-state index in [1.807, 2.05) is 13.0 Å². The van der Waals surface area contributed by atoms with Crippen molar-refractivity contribution in [3.63, 3.8) is 0 Å². The quantitative estimate of drug-likeness (QED) is 0.518. The van der Waals surface area contributed by atoms with E-state index in [1.165, 1.54) is 6.26 Å². The molecule has 0 bridgehead atoms. The summed E-state index contributed by atoms with van der Waals surface area (Å²) in [5.74, 6) is 1.03. The first kappa shape index (κ1) is 20.9. The van der Waals surface area contributed by atoms with Crippen molar-refractivity contribution in [3.8, 4) is 0 Å². The zero-order chi connectivity index (χ0) is 22.5. The van der Waals surface area contributed by atoms with Crippen LogP contribution in [0.1, 0.15) is 43.2 Å². The number of aromatic nitrogens is 3. The molecule has 1 saturated carbocycles. The zero-order valence-electron chi connectivity index (χ0n) is 17.9. The Morgan fingerprint density at radius 1 is 1.16 bits per heavy atom. The maximum Gasteiger partial charge on any atom is 0.228 e. The van der Waals surface area contributed by atoms with Crippen LogP contribution in [-0.2, 0) is 19.4 Å². The van der Waals surface area contributed by atoms with E-state index in [0.717, 1.165) is 31.2 Å². The van der Waals surface area contributed by atoms with E-state index in [4.69, 9.17) is 4.74 Å². The Hall–Kier alpha value is -2.98. The van der Waals surface area contributed by atoms with Gasteiger partial charge in [-0.05, 0) is 50.3 Å². The van der Waals surface area contributed by atoms with Crippen LogP contribution in [0.4, 0.5) is 17.2 Å². The van der Waals surface area contributed by atoms with Gasteiger partial charge in [-0.3, -0.25) is 4.79 Å². The van der Waals surface area contributed by atoms with Crippen molar-refractivity contribution >= 4 is 44.1 Å². The number of benzene rings is 1. The van der Waals surface area contributed by atoms with Crippen LogP contribution in [0, 0.1) is 12.8 Å². The summed E-state index contributed by atoms with van der Waals surface area (Å²) in [6.45, 7) is 2.49. The van der Waals surface area contributed by atoms with E-state index in [2.05, 4.69) is 25.6 Å². The number of H-pyrrole nitrogens is 1. The van der Waals surface area contributed by atoms with Crippen molar-refractivity contribution in [1.82, 2.24) is 15.0 Å². The van der Waals surface area contributed by atoms with Gasteiger partial charge in [-0.15, -0.1) is 0 Å². The van der Waals surface area contributed by atoms with Crippen LogP contribution in [0.3, 0.4) is 0 Å². The van der Waals surface area contributed by atoms with Crippen molar-refractivity contribution in [2.24, 2.45) is 5.92 Å². The lowest BCUT2D eigenvalue weighted by Crippen LogP contribution is -2.14. The largest absolute Gasteiger partial charge is 0.374 e. The number of imidazole rings is 1. The Labute approximate surface area is 185 Å². The number of nitrogens with one attached hydrogen (secondary N) is 3. The summed E-state index contributed by atoms with van der Waals surface area (Å²) in [4.78, 5) is 24.5. The van der Waals surface area contributed by atoms with Gasteiger partial charge in [0.1, 0.15) is 17.2 Å². The molecular weight excluding hydrogens is 430 g/mol. The number of fused-ring (bicyclic) bond motifs is 1. The average molecular weight is 456 g/mol. The number of nitrogens with zero attached hydrogens (tertiary/aromatic N) is 2. The molecule has 10 heteroatoms. The van der Waals surface area contributed by atoms with Gasteiger partial charge in [0.2, 0.25) is 5.91 Å². The summed E-state index contributed by atoms with van der Waals surface area (Å²) in [6.07, 6.45) is 4.71. The van der Waals surface area contributed by atoms with Gasteiger partial charge in [-0.2, -0.15) is 0 Å². The van der Waals surface area contributed by atoms with E-state index < -0.39 is 9.84 Å². The van der Waals surface area contributed by atoms with E-state index in [1.54, 1.807) is 18.2 Å². The molecule has 1 aliphatic carbocycles. The van der Waals surface area contributed by atoms with Crippen LogP contribution < -0.4 is 10.6 Å². The molecule has 1 saturated heterocycles. The first-order valence-electron chi connectivity index (χ1n) is 10.7. The molecule has 3 N–H and O–H groups in total. The van der Waals surface area contributed by atoms with Gasteiger partial charge in [0.15, 0.2) is 15.5 Å². The highest BCUT2D eigenvalue weighted by atomic mass is 32.2. The standard InChI is InChI=1S/C22H25N5O4S/c1-12-23-20-16(11-19(26-21(20)24-12)27-22(28)13-5-6-13)25-15-8-7-14(17-4-3-9-31-17)10-18(15)32(2,29)30/h7-8,10-11,13,17H,3-6,9H2,1-2H3,(H3,23,24,25,26,27,28)/t17-/m0/s1. The molecular formula is C22H25N5O4S. The van der Waals surface area contributed by atoms with Crippen molar-refractivity contribution in [3.05, 3.63) is 35.7 Å². The fraction of sp³-hybridized carbons (Fsp3) is 0.409. The molecule has 2 aliphatic rings. The monoisotopic (exact) mass is 455 g/mol. The Bertz CT molecular complexity index is 1310. The topological polar surface area (TPSA) is 126 Å². The van der Waals surface area contributed by atoms with Crippen molar-refractivity contribution < 1.29 is 17.9 Å². The number of hydrogen-bond donors (Lipinski definition) is 3. The maximum absolute atomic E-state index is 12.6. The van der Waals surface area contributed by atoms with Gasteiger partial charge in [0.05, 0.1) is 22.4 Å². The molecule has 1 aliphatic heterocycles. The first-order chi connectivity index (χ1) is 15.3. The van der Waals surface area contributed by atoms with Crippen molar-refractivity contribution in [2.75, 3.05) is 23.5 Å².